The lowest BCUT2D eigenvalue weighted by molar-refractivity contribution is 0.0668. The largest absolute Gasteiger partial charge is 0.459 e. The molecule has 2 aromatic heterocycles. The van der Waals surface area contributed by atoms with E-state index in [0.29, 0.717) is 31.7 Å². The summed E-state index contributed by atoms with van der Waals surface area (Å²) in [6.07, 6.45) is 10.7. The highest BCUT2D eigenvalue weighted by Crippen LogP contribution is 2.37. The zero-order chi connectivity index (χ0) is 22.7. The molecule has 1 aromatic carbocycles. The third kappa shape index (κ3) is 4.33. The third-order valence-electron chi connectivity index (χ3n) is 6.40. The summed E-state index contributed by atoms with van der Waals surface area (Å²) in [5.74, 6) is 0.189. The molecule has 0 radical (unpaired) electrons. The predicted octanol–water partition coefficient (Wildman–Crippen LogP) is 3.63. The lowest BCUT2D eigenvalue weighted by Crippen LogP contribution is -2.45. The third-order valence-corrected chi connectivity index (χ3v) is 6.40. The Labute approximate surface area is 192 Å². The van der Waals surface area contributed by atoms with Crippen molar-refractivity contribution in [3.63, 3.8) is 0 Å². The van der Waals surface area contributed by atoms with Crippen LogP contribution >= 0.6 is 0 Å². The van der Waals surface area contributed by atoms with Crippen LogP contribution in [0.5, 0.6) is 0 Å². The number of furan rings is 1. The molecule has 1 unspecified atom stereocenters. The lowest BCUT2D eigenvalue weighted by Gasteiger charge is -2.32. The van der Waals surface area contributed by atoms with Crippen molar-refractivity contribution >= 4 is 5.91 Å². The van der Waals surface area contributed by atoms with Crippen LogP contribution in [0.15, 0.2) is 89.1 Å². The van der Waals surface area contributed by atoms with Gasteiger partial charge in [-0.25, -0.2) is 4.98 Å². The molecule has 2 atom stereocenters. The van der Waals surface area contributed by atoms with E-state index in [2.05, 4.69) is 33.5 Å². The smallest absolute Gasteiger partial charge is 0.290 e. The second-order valence-corrected chi connectivity index (χ2v) is 8.68. The van der Waals surface area contributed by atoms with Crippen LogP contribution in [0, 0.1) is 16.7 Å². The van der Waals surface area contributed by atoms with Crippen molar-refractivity contribution in [3.05, 3.63) is 102 Å². The molecular weight excluding hydrogens is 414 g/mol. The first-order chi connectivity index (χ1) is 16.2. The van der Waals surface area contributed by atoms with Crippen LogP contribution in [0.1, 0.15) is 28.2 Å². The van der Waals surface area contributed by atoms with Crippen molar-refractivity contribution in [2.45, 2.75) is 25.3 Å². The summed E-state index contributed by atoms with van der Waals surface area (Å²) in [4.78, 5) is 22.5. The van der Waals surface area contributed by atoms with E-state index in [1.165, 1.54) is 11.8 Å². The predicted molar refractivity (Wildman–Crippen MR) is 123 cm³/mol. The van der Waals surface area contributed by atoms with Gasteiger partial charge in [-0.2, -0.15) is 5.26 Å². The Morgan fingerprint density at radius 2 is 2.15 bits per heavy atom. The van der Waals surface area contributed by atoms with E-state index in [-0.39, 0.29) is 11.9 Å². The number of nitrogens with zero attached hydrogens (tertiary/aromatic N) is 3. The van der Waals surface area contributed by atoms with Gasteiger partial charge in [-0.15, -0.1) is 0 Å². The zero-order valence-corrected chi connectivity index (χ0v) is 18.2. The molecule has 3 heterocycles. The van der Waals surface area contributed by atoms with Crippen molar-refractivity contribution in [2.24, 2.45) is 5.41 Å². The fourth-order valence-corrected chi connectivity index (χ4v) is 4.70. The van der Waals surface area contributed by atoms with Gasteiger partial charge in [0.25, 0.3) is 5.91 Å². The van der Waals surface area contributed by atoms with Crippen molar-refractivity contribution < 1.29 is 9.21 Å². The van der Waals surface area contributed by atoms with E-state index in [1.54, 1.807) is 24.7 Å². The Bertz CT molecular complexity index is 1210. The molecule has 1 amide bonds. The van der Waals surface area contributed by atoms with Crippen LogP contribution in [0.3, 0.4) is 0 Å². The first-order valence-electron chi connectivity index (χ1n) is 11.1. The molecule has 33 heavy (non-hydrogen) atoms. The SMILES string of the molecule is N#CC1(Cc2cnc[nH]2)C=CC2=C(CN(C(=O)c3ccco3)[C@H](Cc3ccccc3)CN2)C1. The van der Waals surface area contributed by atoms with E-state index >= 15 is 0 Å². The van der Waals surface area contributed by atoms with E-state index in [9.17, 15) is 10.1 Å². The molecule has 0 saturated heterocycles. The van der Waals surface area contributed by atoms with Gasteiger partial charge in [0.2, 0.25) is 0 Å². The number of hydrogen-bond acceptors (Lipinski definition) is 5. The van der Waals surface area contributed by atoms with Crippen LogP contribution in [0.2, 0.25) is 0 Å². The minimum absolute atomic E-state index is 0.0620. The van der Waals surface area contributed by atoms with Crippen molar-refractivity contribution in [2.75, 3.05) is 13.1 Å². The second-order valence-electron chi connectivity index (χ2n) is 8.68. The van der Waals surface area contributed by atoms with E-state index in [4.69, 9.17) is 4.42 Å². The molecule has 0 bridgehead atoms. The average Bonchev–Trinajstić information content (AvgIpc) is 3.53. The standard InChI is InChI=1S/C26H25N5O2/c27-17-26(13-21-14-28-18-30-21)9-8-23-20(12-26)16-31(25(32)24-7-4-10-33-24)22(15-29-23)11-19-5-2-1-3-6-19/h1-10,14,18,22,29H,11-13,15-16H2,(H,28,30)/t22-,26?/m1/s1. The van der Waals surface area contributed by atoms with Crippen LogP contribution in [-0.2, 0) is 12.8 Å². The summed E-state index contributed by atoms with van der Waals surface area (Å²) in [6, 6.07) is 16.1. The number of rotatable bonds is 5. The molecule has 3 aromatic rings. The Morgan fingerprint density at radius 3 is 2.88 bits per heavy atom. The minimum atomic E-state index is -0.689. The van der Waals surface area contributed by atoms with Gasteiger partial charge in [0.05, 0.1) is 30.1 Å². The number of amides is 1. The maximum Gasteiger partial charge on any atom is 0.290 e. The molecule has 5 rings (SSSR count). The van der Waals surface area contributed by atoms with Gasteiger partial charge in [0.15, 0.2) is 5.76 Å². The van der Waals surface area contributed by atoms with Crippen LogP contribution in [-0.4, -0.2) is 39.9 Å². The Morgan fingerprint density at radius 1 is 1.27 bits per heavy atom. The Balaban J connectivity index is 1.44. The van der Waals surface area contributed by atoms with Gasteiger partial charge in [-0.1, -0.05) is 36.4 Å². The van der Waals surface area contributed by atoms with Gasteiger partial charge in [-0.3, -0.25) is 4.79 Å². The molecule has 2 N–H and O–H groups in total. The monoisotopic (exact) mass is 439 g/mol. The van der Waals surface area contributed by atoms with Gasteiger partial charge in [0.1, 0.15) is 0 Å². The summed E-state index contributed by atoms with van der Waals surface area (Å²) >= 11 is 0. The molecule has 2 aliphatic rings. The summed E-state index contributed by atoms with van der Waals surface area (Å²) in [7, 11) is 0. The first-order valence-corrected chi connectivity index (χ1v) is 11.1. The highest BCUT2D eigenvalue weighted by Gasteiger charge is 2.37. The fourth-order valence-electron chi connectivity index (χ4n) is 4.70. The summed E-state index contributed by atoms with van der Waals surface area (Å²) in [5, 5.41) is 13.6. The van der Waals surface area contributed by atoms with Crippen molar-refractivity contribution in [1.82, 2.24) is 20.2 Å². The molecular formula is C26H25N5O2. The molecule has 0 fully saturated rings. The Kier molecular flexibility index (Phi) is 5.57. The zero-order valence-electron chi connectivity index (χ0n) is 18.2. The molecule has 1 aliphatic carbocycles. The van der Waals surface area contributed by atoms with Gasteiger partial charge >= 0.3 is 0 Å². The number of aromatic nitrogens is 2. The number of nitriles is 1. The molecule has 0 spiro atoms. The second kappa shape index (κ2) is 8.83. The van der Waals surface area contributed by atoms with Crippen molar-refractivity contribution in [3.8, 4) is 6.07 Å². The average molecular weight is 440 g/mol. The Hall–Kier alpha value is -4.05. The number of H-pyrrole nitrogens is 1. The topological polar surface area (TPSA) is 98.0 Å². The normalized spacial score (nSPS) is 22.3. The lowest BCUT2D eigenvalue weighted by atomic mass is 9.75. The first kappa shape index (κ1) is 20.8. The summed E-state index contributed by atoms with van der Waals surface area (Å²) in [5.41, 5.74) is 3.44. The highest BCUT2D eigenvalue weighted by molar-refractivity contribution is 5.92. The number of carbonyl (C=O) groups excluding carboxylic acids is 1. The highest BCUT2D eigenvalue weighted by atomic mass is 16.3. The molecule has 7 nitrogen and oxygen atoms in total. The number of benzene rings is 1. The molecule has 7 heteroatoms. The quantitative estimate of drug-likeness (QED) is 0.633. The number of aromatic amines is 1. The van der Waals surface area contributed by atoms with Gasteiger partial charge < -0.3 is 19.6 Å². The maximum atomic E-state index is 13.5. The van der Waals surface area contributed by atoms with E-state index in [1.807, 2.05) is 35.3 Å². The van der Waals surface area contributed by atoms with Crippen molar-refractivity contribution in [1.29, 1.82) is 5.26 Å². The maximum absolute atomic E-state index is 13.5. The van der Waals surface area contributed by atoms with Crippen LogP contribution in [0.4, 0.5) is 0 Å². The number of hydrogen-bond donors (Lipinski definition) is 2. The van der Waals surface area contributed by atoms with Gasteiger partial charge in [-0.05, 0) is 42.2 Å². The van der Waals surface area contributed by atoms with Crippen LogP contribution in [0.25, 0.3) is 0 Å². The van der Waals surface area contributed by atoms with E-state index in [0.717, 1.165) is 23.4 Å². The summed E-state index contributed by atoms with van der Waals surface area (Å²) in [6.45, 7) is 1.06. The number of allylic oxidation sites excluding steroid dienone is 2. The molecule has 1 aliphatic heterocycles. The van der Waals surface area contributed by atoms with Gasteiger partial charge in [0, 0.05) is 37.1 Å². The van der Waals surface area contributed by atoms with E-state index < -0.39 is 5.41 Å². The minimum Gasteiger partial charge on any atom is -0.459 e. The van der Waals surface area contributed by atoms with Crippen LogP contribution < -0.4 is 5.32 Å². The summed E-state index contributed by atoms with van der Waals surface area (Å²) < 4.78 is 5.45. The number of imidazole rings is 1. The number of carbonyl (C=O) groups is 1. The number of nitrogens with one attached hydrogen (secondary N) is 2. The fraction of sp³-hybridized carbons (Fsp3) is 0.269. The molecule has 0 saturated carbocycles. The molecule has 166 valence electrons.